The number of hydrogen-bond acceptors (Lipinski definition) is 6. The smallest absolute Gasteiger partial charge is 0.335 e. The summed E-state index contributed by atoms with van der Waals surface area (Å²) in [5.74, 6) is -0.282. The Hall–Kier alpha value is -2.54. The largest absolute Gasteiger partial charge is 0.478 e. The molecule has 0 aliphatic carbocycles. The van der Waals surface area contributed by atoms with Gasteiger partial charge in [0.1, 0.15) is 0 Å². The summed E-state index contributed by atoms with van der Waals surface area (Å²) >= 11 is 0. The van der Waals surface area contributed by atoms with Gasteiger partial charge in [0.05, 0.1) is 17.0 Å². The van der Waals surface area contributed by atoms with Gasteiger partial charge in [-0.3, -0.25) is 9.88 Å². The van der Waals surface area contributed by atoms with Crippen LogP contribution in [0.4, 0.5) is 5.95 Å². The van der Waals surface area contributed by atoms with E-state index in [0.717, 1.165) is 13.1 Å². The molecule has 0 aromatic carbocycles. The van der Waals surface area contributed by atoms with Gasteiger partial charge in [0.2, 0.25) is 5.95 Å². The van der Waals surface area contributed by atoms with Crippen molar-refractivity contribution in [2.24, 2.45) is 0 Å². The van der Waals surface area contributed by atoms with Crippen LogP contribution in [0.3, 0.4) is 0 Å². The number of aromatic carboxylic acids is 1. The molecule has 2 saturated heterocycles. The lowest BCUT2D eigenvalue weighted by Crippen LogP contribution is -2.62. The number of nitrogens with zero attached hydrogens (tertiary/aromatic N) is 5. The molecule has 2 aromatic rings. The van der Waals surface area contributed by atoms with E-state index in [4.69, 9.17) is 5.11 Å². The molecule has 1 atom stereocenters. The summed E-state index contributed by atoms with van der Waals surface area (Å²) in [4.78, 5) is 29.2. The highest BCUT2D eigenvalue weighted by molar-refractivity contribution is 5.88. The van der Waals surface area contributed by atoms with Crippen LogP contribution in [0.15, 0.2) is 30.6 Å². The summed E-state index contributed by atoms with van der Waals surface area (Å²) in [5, 5.41) is 9.15. The Kier molecular flexibility index (Phi) is 4.55. The predicted molar refractivity (Wildman–Crippen MR) is 98.2 cm³/mol. The Labute approximate surface area is 152 Å². The van der Waals surface area contributed by atoms with Gasteiger partial charge in [0, 0.05) is 37.6 Å². The number of piperidine rings is 1. The normalized spacial score (nSPS) is 21.4. The lowest BCUT2D eigenvalue weighted by atomic mass is 9.98. The third-order valence-electron chi connectivity index (χ3n) is 5.38. The molecular weight excluding hydrogens is 330 g/mol. The minimum atomic E-state index is -0.968. The van der Waals surface area contributed by atoms with Crippen molar-refractivity contribution in [3.63, 3.8) is 0 Å². The quantitative estimate of drug-likeness (QED) is 0.903. The van der Waals surface area contributed by atoms with Crippen LogP contribution in [0.5, 0.6) is 0 Å². The minimum Gasteiger partial charge on any atom is -0.478 e. The standard InChI is InChI=1S/C19H23N5O2/c1-13-4-2-3-9-24(13)15-11-23(12-15)19-21-8-6-16(22-19)17-10-14(18(25)26)5-7-20-17/h5-8,10,13,15H,2-4,9,11-12H2,1H3,(H,25,26)/t13-/m0/s1. The first-order valence-corrected chi connectivity index (χ1v) is 9.15. The Morgan fingerprint density at radius 2 is 1.96 bits per heavy atom. The zero-order valence-electron chi connectivity index (χ0n) is 14.9. The van der Waals surface area contributed by atoms with Crippen molar-refractivity contribution in [3.05, 3.63) is 36.2 Å². The van der Waals surface area contributed by atoms with E-state index in [9.17, 15) is 4.79 Å². The Morgan fingerprint density at radius 3 is 2.73 bits per heavy atom. The van der Waals surface area contributed by atoms with E-state index < -0.39 is 5.97 Å². The van der Waals surface area contributed by atoms with Crippen LogP contribution in [-0.4, -0.2) is 62.6 Å². The van der Waals surface area contributed by atoms with Gasteiger partial charge < -0.3 is 10.0 Å². The molecule has 1 N–H and O–H groups in total. The molecule has 7 heteroatoms. The van der Waals surface area contributed by atoms with Gasteiger partial charge in [-0.25, -0.2) is 14.8 Å². The van der Waals surface area contributed by atoms with E-state index in [-0.39, 0.29) is 5.56 Å². The van der Waals surface area contributed by atoms with Gasteiger partial charge in [0.25, 0.3) is 0 Å². The first kappa shape index (κ1) is 16.9. The second-order valence-electron chi connectivity index (χ2n) is 7.12. The monoisotopic (exact) mass is 353 g/mol. The number of anilines is 1. The molecule has 2 aliphatic heterocycles. The number of pyridine rings is 1. The van der Waals surface area contributed by atoms with Crippen molar-refractivity contribution in [3.8, 4) is 11.4 Å². The number of aromatic nitrogens is 3. The number of carboxylic acid groups (broad SMARTS) is 1. The number of likely N-dealkylation sites (tertiary alicyclic amines) is 1. The van der Waals surface area contributed by atoms with Crippen molar-refractivity contribution in [1.82, 2.24) is 19.9 Å². The van der Waals surface area contributed by atoms with Gasteiger partial charge in [0.15, 0.2) is 0 Å². The molecule has 7 nitrogen and oxygen atoms in total. The molecule has 4 heterocycles. The summed E-state index contributed by atoms with van der Waals surface area (Å²) in [7, 11) is 0. The lowest BCUT2D eigenvalue weighted by Gasteiger charge is -2.49. The highest BCUT2D eigenvalue weighted by Gasteiger charge is 2.36. The van der Waals surface area contributed by atoms with Crippen molar-refractivity contribution < 1.29 is 9.90 Å². The number of carboxylic acids is 1. The molecule has 2 aromatic heterocycles. The molecule has 0 spiro atoms. The van der Waals surface area contributed by atoms with E-state index in [0.29, 0.717) is 29.4 Å². The molecule has 136 valence electrons. The molecule has 2 aliphatic rings. The molecule has 2 fully saturated rings. The van der Waals surface area contributed by atoms with Gasteiger partial charge in [-0.15, -0.1) is 0 Å². The highest BCUT2D eigenvalue weighted by Crippen LogP contribution is 2.27. The molecule has 0 unspecified atom stereocenters. The Morgan fingerprint density at radius 1 is 1.15 bits per heavy atom. The van der Waals surface area contributed by atoms with E-state index in [1.165, 1.54) is 38.1 Å². The second-order valence-corrected chi connectivity index (χ2v) is 7.12. The Bertz CT molecular complexity index is 806. The molecule has 0 saturated carbocycles. The van der Waals surface area contributed by atoms with Gasteiger partial charge in [-0.05, 0) is 44.5 Å². The molecular formula is C19H23N5O2. The predicted octanol–water partition coefficient (Wildman–Crippen LogP) is 2.30. The van der Waals surface area contributed by atoms with Crippen LogP contribution < -0.4 is 4.90 Å². The van der Waals surface area contributed by atoms with E-state index in [2.05, 4.69) is 31.7 Å². The lowest BCUT2D eigenvalue weighted by molar-refractivity contribution is 0.0697. The number of carbonyl (C=O) groups is 1. The van der Waals surface area contributed by atoms with Crippen LogP contribution in [0.2, 0.25) is 0 Å². The zero-order chi connectivity index (χ0) is 18.1. The average Bonchev–Trinajstić information content (AvgIpc) is 2.62. The van der Waals surface area contributed by atoms with Crippen LogP contribution in [0.1, 0.15) is 36.5 Å². The fourth-order valence-electron chi connectivity index (χ4n) is 3.84. The molecule has 0 bridgehead atoms. The summed E-state index contributed by atoms with van der Waals surface area (Å²) in [6.07, 6.45) is 7.12. The molecule has 26 heavy (non-hydrogen) atoms. The van der Waals surface area contributed by atoms with Crippen molar-refractivity contribution in [2.75, 3.05) is 24.5 Å². The highest BCUT2D eigenvalue weighted by atomic mass is 16.4. The van der Waals surface area contributed by atoms with Gasteiger partial charge >= 0.3 is 5.97 Å². The fourth-order valence-corrected chi connectivity index (χ4v) is 3.84. The topological polar surface area (TPSA) is 82.5 Å². The maximum Gasteiger partial charge on any atom is 0.335 e. The fraction of sp³-hybridized carbons (Fsp3) is 0.474. The summed E-state index contributed by atoms with van der Waals surface area (Å²) in [5.41, 5.74) is 1.40. The first-order chi connectivity index (χ1) is 12.6. The van der Waals surface area contributed by atoms with Crippen LogP contribution >= 0.6 is 0 Å². The van der Waals surface area contributed by atoms with Crippen LogP contribution in [-0.2, 0) is 0 Å². The molecule has 0 amide bonds. The number of rotatable bonds is 4. The minimum absolute atomic E-state index is 0.207. The molecule has 4 rings (SSSR count). The van der Waals surface area contributed by atoms with Gasteiger partial charge in [-0.1, -0.05) is 6.42 Å². The van der Waals surface area contributed by atoms with E-state index in [1.54, 1.807) is 18.3 Å². The van der Waals surface area contributed by atoms with Crippen LogP contribution in [0.25, 0.3) is 11.4 Å². The van der Waals surface area contributed by atoms with Crippen LogP contribution in [0, 0.1) is 0 Å². The third-order valence-corrected chi connectivity index (χ3v) is 5.38. The summed E-state index contributed by atoms with van der Waals surface area (Å²) < 4.78 is 0. The third kappa shape index (κ3) is 3.26. The SMILES string of the molecule is C[C@H]1CCCCN1C1CN(c2nccc(-c3cc(C(=O)O)ccn3)n2)C1. The molecule has 0 radical (unpaired) electrons. The van der Waals surface area contributed by atoms with E-state index >= 15 is 0 Å². The average molecular weight is 353 g/mol. The Balaban J connectivity index is 1.47. The van der Waals surface area contributed by atoms with Gasteiger partial charge in [-0.2, -0.15) is 0 Å². The van der Waals surface area contributed by atoms with Crippen molar-refractivity contribution >= 4 is 11.9 Å². The zero-order valence-corrected chi connectivity index (χ0v) is 14.9. The van der Waals surface area contributed by atoms with Crippen molar-refractivity contribution in [1.29, 1.82) is 0 Å². The van der Waals surface area contributed by atoms with Crippen molar-refractivity contribution in [2.45, 2.75) is 38.3 Å². The maximum absolute atomic E-state index is 11.2. The second kappa shape index (κ2) is 6.99. The van der Waals surface area contributed by atoms with E-state index in [1.807, 2.05) is 0 Å². The summed E-state index contributed by atoms with van der Waals surface area (Å²) in [6, 6.07) is 6.02. The maximum atomic E-state index is 11.2. The summed E-state index contributed by atoms with van der Waals surface area (Å²) in [6.45, 7) is 5.39. The first-order valence-electron chi connectivity index (χ1n) is 9.15. The number of hydrogen-bond donors (Lipinski definition) is 1.